The molecule has 0 aliphatic heterocycles. The molecule has 0 unspecified atom stereocenters. The average Bonchev–Trinajstić information content (AvgIpc) is 3.39. The van der Waals surface area contributed by atoms with Crippen molar-refractivity contribution in [2.24, 2.45) is 0 Å². The van der Waals surface area contributed by atoms with Crippen molar-refractivity contribution in [2.45, 2.75) is 20.0 Å². The Morgan fingerprint density at radius 1 is 0.941 bits per heavy atom. The molecule has 0 spiro atoms. The Balaban J connectivity index is 1.40. The van der Waals surface area contributed by atoms with Crippen LogP contribution in [-0.4, -0.2) is 25.3 Å². The van der Waals surface area contributed by atoms with Crippen LogP contribution < -0.4 is 5.32 Å². The second-order valence-corrected chi connectivity index (χ2v) is 7.88. The molecule has 0 aliphatic carbocycles. The van der Waals surface area contributed by atoms with Crippen LogP contribution in [0.4, 0.5) is 24.9 Å². The normalized spacial score (nSPS) is 11.8. The lowest BCUT2D eigenvalue weighted by Gasteiger charge is -2.07. The number of aromatic hydroxyl groups is 1. The number of nitrogens with one attached hydrogen (secondary N) is 2. The van der Waals surface area contributed by atoms with E-state index in [1.807, 2.05) is 26.0 Å². The molecular formula is C24H18F3N5O2. The quantitative estimate of drug-likeness (QED) is 0.285. The first-order valence-electron chi connectivity index (χ1n) is 10.3. The molecule has 0 amide bonds. The van der Waals surface area contributed by atoms with Crippen molar-refractivity contribution in [1.82, 2.24) is 20.2 Å². The Bertz CT molecular complexity index is 1480. The number of aryl methyl sites for hydroxylation is 2. The first-order chi connectivity index (χ1) is 16.2. The molecule has 34 heavy (non-hydrogen) atoms. The number of halogens is 3. The summed E-state index contributed by atoms with van der Waals surface area (Å²) in [6, 6.07) is 13.4. The number of alkyl halides is 3. The number of H-pyrrole nitrogens is 1. The lowest BCUT2D eigenvalue weighted by molar-refractivity contribution is -0.137. The Morgan fingerprint density at radius 2 is 1.65 bits per heavy atom. The monoisotopic (exact) mass is 465 g/mol. The zero-order valence-corrected chi connectivity index (χ0v) is 18.0. The highest BCUT2D eigenvalue weighted by molar-refractivity contribution is 5.84. The molecule has 0 atom stereocenters. The van der Waals surface area contributed by atoms with Gasteiger partial charge in [0.05, 0.1) is 16.6 Å². The van der Waals surface area contributed by atoms with Crippen LogP contribution in [0.25, 0.3) is 33.9 Å². The highest BCUT2D eigenvalue weighted by atomic mass is 19.4. The van der Waals surface area contributed by atoms with Gasteiger partial charge in [-0.25, -0.2) is 4.98 Å². The number of rotatable bonds is 4. The maximum atomic E-state index is 12.7. The molecule has 3 aromatic carbocycles. The second-order valence-electron chi connectivity index (χ2n) is 7.88. The van der Waals surface area contributed by atoms with Gasteiger partial charge < -0.3 is 19.8 Å². The van der Waals surface area contributed by atoms with E-state index in [-0.39, 0.29) is 17.7 Å². The number of imidazole rings is 1. The van der Waals surface area contributed by atoms with Crippen LogP contribution in [-0.2, 0) is 6.18 Å². The fraction of sp³-hybridized carbons (Fsp3) is 0.125. The molecule has 172 valence electrons. The molecule has 7 nitrogen and oxygen atoms in total. The summed E-state index contributed by atoms with van der Waals surface area (Å²) in [6.07, 6.45) is -4.40. The Morgan fingerprint density at radius 3 is 2.32 bits per heavy atom. The van der Waals surface area contributed by atoms with Gasteiger partial charge in [0.1, 0.15) is 11.6 Å². The van der Waals surface area contributed by atoms with Crippen LogP contribution in [0.5, 0.6) is 5.75 Å². The number of hydrogen-bond donors (Lipinski definition) is 3. The van der Waals surface area contributed by atoms with Crippen molar-refractivity contribution < 1.29 is 22.7 Å². The van der Waals surface area contributed by atoms with E-state index in [0.29, 0.717) is 17.1 Å². The van der Waals surface area contributed by atoms with Crippen molar-refractivity contribution >= 4 is 22.7 Å². The average molecular weight is 465 g/mol. The van der Waals surface area contributed by atoms with Gasteiger partial charge in [0.25, 0.3) is 0 Å². The van der Waals surface area contributed by atoms with E-state index in [1.54, 1.807) is 18.2 Å². The van der Waals surface area contributed by atoms with Gasteiger partial charge in [-0.3, -0.25) is 0 Å². The highest BCUT2D eigenvalue weighted by Crippen LogP contribution is 2.32. The number of nitrogens with zero attached hydrogens (tertiary/aromatic N) is 3. The molecule has 0 radical (unpaired) electrons. The molecule has 5 aromatic rings. The molecule has 0 bridgehead atoms. The fourth-order valence-electron chi connectivity index (χ4n) is 3.83. The predicted octanol–water partition coefficient (Wildman–Crippen LogP) is 6.36. The van der Waals surface area contributed by atoms with Crippen LogP contribution in [0.15, 0.2) is 59.0 Å². The van der Waals surface area contributed by atoms with Gasteiger partial charge in [0, 0.05) is 16.8 Å². The zero-order valence-electron chi connectivity index (χ0n) is 18.0. The minimum Gasteiger partial charge on any atom is -0.508 e. The number of aromatic nitrogens is 4. The van der Waals surface area contributed by atoms with E-state index in [9.17, 15) is 18.3 Å². The number of benzene rings is 3. The molecule has 0 saturated carbocycles. The maximum Gasteiger partial charge on any atom is 0.416 e. The third kappa shape index (κ3) is 4.05. The van der Waals surface area contributed by atoms with E-state index in [0.717, 1.165) is 39.9 Å². The predicted molar refractivity (Wildman–Crippen MR) is 121 cm³/mol. The molecule has 10 heteroatoms. The Hall–Kier alpha value is -4.34. The number of phenolic OH excluding ortho intramolecular Hbond substituents is 1. The van der Waals surface area contributed by atoms with E-state index >= 15 is 0 Å². The molecule has 0 fully saturated rings. The molecule has 0 aliphatic rings. The Kier molecular flexibility index (Phi) is 5.00. The van der Waals surface area contributed by atoms with Crippen LogP contribution in [0, 0.1) is 13.8 Å². The summed E-state index contributed by atoms with van der Waals surface area (Å²) in [5.74, 6) is 1.12. The molecule has 3 N–H and O–H groups in total. The standard InChI is InChI=1S/C24H18F3N5O2/c1-12-9-17(33)10-13(2)20(12)21-29-18-8-3-14(11-19(18)30-21)22-31-32-23(34-22)28-16-6-4-15(5-7-16)24(25,26)27/h3-11,33H,1-2H3,(H,28,32)(H,29,30). The van der Waals surface area contributed by atoms with Gasteiger partial charge in [0.2, 0.25) is 5.89 Å². The van der Waals surface area contributed by atoms with E-state index < -0.39 is 11.7 Å². The van der Waals surface area contributed by atoms with E-state index in [1.165, 1.54) is 12.1 Å². The van der Waals surface area contributed by atoms with Gasteiger partial charge in [-0.05, 0) is 79.6 Å². The molecule has 5 rings (SSSR count). The third-order valence-electron chi connectivity index (χ3n) is 5.37. The number of hydrogen-bond acceptors (Lipinski definition) is 6. The van der Waals surface area contributed by atoms with Crippen molar-refractivity contribution in [3.63, 3.8) is 0 Å². The van der Waals surface area contributed by atoms with Gasteiger partial charge in [0.15, 0.2) is 0 Å². The van der Waals surface area contributed by atoms with Crippen LogP contribution in [0.1, 0.15) is 16.7 Å². The second kappa shape index (κ2) is 7.91. The van der Waals surface area contributed by atoms with Gasteiger partial charge in [-0.1, -0.05) is 5.10 Å². The van der Waals surface area contributed by atoms with Crippen molar-refractivity contribution in [1.29, 1.82) is 0 Å². The SMILES string of the molecule is Cc1cc(O)cc(C)c1-c1nc2ccc(-c3nnc(Nc4ccc(C(F)(F)F)cc4)o3)cc2[nH]1. The number of anilines is 2. The number of aromatic amines is 1. The summed E-state index contributed by atoms with van der Waals surface area (Å²) < 4.78 is 43.8. The van der Waals surface area contributed by atoms with Crippen LogP contribution in [0.3, 0.4) is 0 Å². The molecule has 2 heterocycles. The first kappa shape index (κ1) is 21.5. The van der Waals surface area contributed by atoms with Gasteiger partial charge in [-0.2, -0.15) is 13.2 Å². The van der Waals surface area contributed by atoms with Crippen molar-refractivity contribution in [2.75, 3.05) is 5.32 Å². The lowest BCUT2D eigenvalue weighted by Crippen LogP contribution is -2.04. The summed E-state index contributed by atoms with van der Waals surface area (Å²) in [4.78, 5) is 7.96. The molecular weight excluding hydrogens is 447 g/mol. The minimum absolute atomic E-state index is 0.0514. The smallest absolute Gasteiger partial charge is 0.416 e. The highest BCUT2D eigenvalue weighted by Gasteiger charge is 2.30. The van der Waals surface area contributed by atoms with Gasteiger partial charge in [-0.15, -0.1) is 5.10 Å². The topological polar surface area (TPSA) is 99.9 Å². The maximum absolute atomic E-state index is 12.7. The summed E-state index contributed by atoms with van der Waals surface area (Å²) in [5.41, 5.74) is 4.50. The summed E-state index contributed by atoms with van der Waals surface area (Å²) in [6.45, 7) is 3.81. The van der Waals surface area contributed by atoms with Crippen LogP contribution in [0.2, 0.25) is 0 Å². The number of phenols is 1. The molecule has 2 aromatic heterocycles. The molecule has 0 saturated heterocycles. The minimum atomic E-state index is -4.40. The number of fused-ring (bicyclic) bond motifs is 1. The first-order valence-corrected chi connectivity index (χ1v) is 10.3. The third-order valence-corrected chi connectivity index (χ3v) is 5.37. The lowest BCUT2D eigenvalue weighted by atomic mass is 10.0. The Labute approximate surface area is 191 Å². The summed E-state index contributed by atoms with van der Waals surface area (Å²) in [5, 5.41) is 20.6. The summed E-state index contributed by atoms with van der Waals surface area (Å²) >= 11 is 0. The zero-order chi connectivity index (χ0) is 24.0. The van der Waals surface area contributed by atoms with Crippen molar-refractivity contribution in [3.05, 3.63) is 71.3 Å². The van der Waals surface area contributed by atoms with E-state index in [2.05, 4.69) is 25.5 Å². The van der Waals surface area contributed by atoms with Gasteiger partial charge >= 0.3 is 12.2 Å². The summed E-state index contributed by atoms with van der Waals surface area (Å²) in [7, 11) is 0. The van der Waals surface area contributed by atoms with Crippen molar-refractivity contribution in [3.8, 4) is 28.6 Å². The van der Waals surface area contributed by atoms with Crippen LogP contribution >= 0.6 is 0 Å². The fourth-order valence-corrected chi connectivity index (χ4v) is 3.83. The largest absolute Gasteiger partial charge is 0.508 e. The van der Waals surface area contributed by atoms with E-state index in [4.69, 9.17) is 4.42 Å².